The SMILES string of the molecule is CC(C)(C)CC(CN)C(=O)N1CCCC1CO. The van der Waals surface area contributed by atoms with E-state index in [1.807, 2.05) is 4.90 Å². The third kappa shape index (κ3) is 3.96. The van der Waals surface area contributed by atoms with E-state index in [0.29, 0.717) is 6.54 Å². The third-order valence-corrected chi connectivity index (χ3v) is 3.36. The van der Waals surface area contributed by atoms with E-state index < -0.39 is 0 Å². The summed E-state index contributed by atoms with van der Waals surface area (Å²) in [6, 6.07) is 0.0107. The predicted molar refractivity (Wildman–Crippen MR) is 68.4 cm³/mol. The zero-order chi connectivity index (χ0) is 13.1. The second kappa shape index (κ2) is 5.83. The Morgan fingerprint density at radius 3 is 2.65 bits per heavy atom. The highest BCUT2D eigenvalue weighted by molar-refractivity contribution is 5.79. The normalized spacial score (nSPS) is 22.9. The van der Waals surface area contributed by atoms with E-state index in [-0.39, 0.29) is 29.9 Å². The Balaban J connectivity index is 2.65. The van der Waals surface area contributed by atoms with Crippen LogP contribution in [0.1, 0.15) is 40.0 Å². The molecule has 1 saturated heterocycles. The Kier molecular flexibility index (Phi) is 4.95. The number of nitrogens with zero attached hydrogens (tertiary/aromatic N) is 1. The molecule has 1 aliphatic heterocycles. The summed E-state index contributed by atoms with van der Waals surface area (Å²) in [5.41, 5.74) is 5.83. The highest BCUT2D eigenvalue weighted by Crippen LogP contribution is 2.27. The number of aliphatic hydroxyl groups excluding tert-OH is 1. The molecule has 0 aromatic carbocycles. The van der Waals surface area contributed by atoms with Gasteiger partial charge in [0.05, 0.1) is 18.6 Å². The molecule has 2 unspecified atom stereocenters. The number of hydrogen-bond donors (Lipinski definition) is 2. The minimum absolute atomic E-state index is 0.0107. The molecule has 0 aromatic rings. The molecule has 1 aliphatic rings. The fraction of sp³-hybridized carbons (Fsp3) is 0.923. The second-order valence-corrected chi connectivity index (χ2v) is 6.21. The molecule has 0 spiro atoms. The van der Waals surface area contributed by atoms with Crippen molar-refractivity contribution in [3.8, 4) is 0 Å². The Labute approximate surface area is 104 Å². The molecule has 3 N–H and O–H groups in total. The van der Waals surface area contributed by atoms with Crippen LogP contribution >= 0.6 is 0 Å². The van der Waals surface area contributed by atoms with Gasteiger partial charge in [-0.1, -0.05) is 20.8 Å². The number of carbonyl (C=O) groups excluding carboxylic acids is 1. The minimum Gasteiger partial charge on any atom is -0.394 e. The maximum absolute atomic E-state index is 12.4. The van der Waals surface area contributed by atoms with Crippen LogP contribution in [0.15, 0.2) is 0 Å². The lowest BCUT2D eigenvalue weighted by Crippen LogP contribution is -2.44. The quantitative estimate of drug-likeness (QED) is 0.772. The number of nitrogens with two attached hydrogens (primary N) is 1. The van der Waals surface area contributed by atoms with Crippen LogP contribution in [0.5, 0.6) is 0 Å². The molecule has 1 heterocycles. The molecule has 1 rings (SSSR count). The van der Waals surface area contributed by atoms with Crippen LogP contribution in [0.4, 0.5) is 0 Å². The fourth-order valence-corrected chi connectivity index (χ4v) is 2.56. The van der Waals surface area contributed by atoms with E-state index >= 15 is 0 Å². The topological polar surface area (TPSA) is 66.6 Å². The molecule has 4 nitrogen and oxygen atoms in total. The summed E-state index contributed by atoms with van der Waals surface area (Å²) in [6.45, 7) is 7.59. The lowest BCUT2D eigenvalue weighted by Gasteiger charge is -2.30. The van der Waals surface area contributed by atoms with Gasteiger partial charge >= 0.3 is 0 Å². The van der Waals surface area contributed by atoms with Gasteiger partial charge in [-0.05, 0) is 24.7 Å². The molecule has 0 aliphatic carbocycles. The average Bonchev–Trinajstić information content (AvgIpc) is 2.71. The summed E-state index contributed by atoms with van der Waals surface area (Å²) < 4.78 is 0. The van der Waals surface area contributed by atoms with E-state index in [1.165, 1.54) is 0 Å². The predicted octanol–water partition coefficient (Wildman–Crippen LogP) is 0.981. The highest BCUT2D eigenvalue weighted by Gasteiger charge is 2.33. The fourth-order valence-electron chi connectivity index (χ4n) is 2.56. The van der Waals surface area contributed by atoms with E-state index in [0.717, 1.165) is 25.8 Å². The van der Waals surface area contributed by atoms with Gasteiger partial charge in [-0.25, -0.2) is 0 Å². The number of rotatable bonds is 4. The van der Waals surface area contributed by atoms with Gasteiger partial charge < -0.3 is 15.7 Å². The van der Waals surface area contributed by atoms with Crippen LogP contribution in [0.3, 0.4) is 0 Å². The molecule has 0 aromatic heterocycles. The first kappa shape index (κ1) is 14.5. The van der Waals surface area contributed by atoms with Crippen molar-refractivity contribution >= 4 is 5.91 Å². The van der Waals surface area contributed by atoms with Crippen LogP contribution in [-0.4, -0.2) is 41.7 Å². The summed E-state index contributed by atoms with van der Waals surface area (Å²) in [6.07, 6.45) is 2.70. The summed E-state index contributed by atoms with van der Waals surface area (Å²) in [5, 5.41) is 9.25. The zero-order valence-electron chi connectivity index (χ0n) is 11.3. The van der Waals surface area contributed by atoms with Gasteiger partial charge in [-0.3, -0.25) is 4.79 Å². The van der Waals surface area contributed by atoms with Crippen molar-refractivity contribution in [2.45, 2.75) is 46.1 Å². The number of carbonyl (C=O) groups is 1. The monoisotopic (exact) mass is 242 g/mol. The molecule has 1 amide bonds. The summed E-state index contributed by atoms with van der Waals surface area (Å²) in [4.78, 5) is 14.2. The van der Waals surface area contributed by atoms with E-state index in [4.69, 9.17) is 5.73 Å². The first-order chi connectivity index (χ1) is 7.89. The van der Waals surface area contributed by atoms with Crippen LogP contribution in [0.25, 0.3) is 0 Å². The Morgan fingerprint density at radius 2 is 2.18 bits per heavy atom. The van der Waals surface area contributed by atoms with Crippen molar-refractivity contribution in [1.82, 2.24) is 4.90 Å². The average molecular weight is 242 g/mol. The molecule has 0 radical (unpaired) electrons. The van der Waals surface area contributed by atoms with Crippen molar-refractivity contribution in [2.75, 3.05) is 19.7 Å². The van der Waals surface area contributed by atoms with Crippen LogP contribution in [0.2, 0.25) is 0 Å². The van der Waals surface area contributed by atoms with Crippen LogP contribution < -0.4 is 5.73 Å². The lowest BCUT2D eigenvalue weighted by molar-refractivity contribution is -0.137. The molecular formula is C13H26N2O2. The maximum atomic E-state index is 12.4. The zero-order valence-corrected chi connectivity index (χ0v) is 11.3. The van der Waals surface area contributed by atoms with Crippen molar-refractivity contribution in [2.24, 2.45) is 17.1 Å². The largest absolute Gasteiger partial charge is 0.394 e. The maximum Gasteiger partial charge on any atom is 0.227 e. The number of amides is 1. The smallest absolute Gasteiger partial charge is 0.227 e. The Hall–Kier alpha value is -0.610. The van der Waals surface area contributed by atoms with E-state index in [9.17, 15) is 9.90 Å². The van der Waals surface area contributed by atoms with Gasteiger partial charge in [0.1, 0.15) is 0 Å². The van der Waals surface area contributed by atoms with Crippen LogP contribution in [0, 0.1) is 11.3 Å². The van der Waals surface area contributed by atoms with Gasteiger partial charge in [0.25, 0.3) is 0 Å². The molecule has 17 heavy (non-hydrogen) atoms. The summed E-state index contributed by atoms with van der Waals surface area (Å²) in [7, 11) is 0. The molecule has 100 valence electrons. The van der Waals surface area contributed by atoms with Crippen molar-refractivity contribution in [3.63, 3.8) is 0 Å². The third-order valence-electron chi connectivity index (χ3n) is 3.36. The highest BCUT2D eigenvalue weighted by atomic mass is 16.3. The summed E-state index contributed by atoms with van der Waals surface area (Å²) in [5.74, 6) is 0.0149. The van der Waals surface area contributed by atoms with E-state index in [1.54, 1.807) is 0 Å². The molecule has 1 fully saturated rings. The number of hydrogen-bond acceptors (Lipinski definition) is 3. The summed E-state index contributed by atoms with van der Waals surface area (Å²) >= 11 is 0. The van der Waals surface area contributed by atoms with Crippen molar-refractivity contribution in [1.29, 1.82) is 0 Å². The molecule has 4 heteroatoms. The lowest BCUT2D eigenvalue weighted by atomic mass is 9.84. The molecule has 0 bridgehead atoms. The first-order valence-electron chi connectivity index (χ1n) is 6.50. The van der Waals surface area contributed by atoms with Crippen molar-refractivity contribution in [3.05, 3.63) is 0 Å². The van der Waals surface area contributed by atoms with Crippen LogP contribution in [-0.2, 0) is 4.79 Å². The minimum atomic E-state index is -0.109. The number of likely N-dealkylation sites (tertiary alicyclic amines) is 1. The van der Waals surface area contributed by atoms with Gasteiger partial charge in [-0.2, -0.15) is 0 Å². The molecule has 2 atom stereocenters. The Morgan fingerprint density at radius 1 is 1.53 bits per heavy atom. The molecular weight excluding hydrogens is 216 g/mol. The van der Waals surface area contributed by atoms with Crippen molar-refractivity contribution < 1.29 is 9.90 Å². The van der Waals surface area contributed by atoms with Gasteiger partial charge in [0, 0.05) is 13.1 Å². The standard InChI is InChI=1S/C13H26N2O2/c1-13(2,3)7-10(8-14)12(17)15-6-4-5-11(15)9-16/h10-11,16H,4-9,14H2,1-3H3. The van der Waals surface area contributed by atoms with E-state index in [2.05, 4.69) is 20.8 Å². The second-order valence-electron chi connectivity index (χ2n) is 6.21. The van der Waals surface area contributed by atoms with Gasteiger partial charge in [-0.15, -0.1) is 0 Å². The number of aliphatic hydroxyl groups is 1. The molecule has 0 saturated carbocycles. The van der Waals surface area contributed by atoms with Gasteiger partial charge in [0.2, 0.25) is 5.91 Å². The first-order valence-corrected chi connectivity index (χ1v) is 6.50. The Bertz CT molecular complexity index is 261. The van der Waals surface area contributed by atoms with Gasteiger partial charge in [0.15, 0.2) is 0 Å².